The average Bonchev–Trinajstić information content (AvgIpc) is 3.95. The van der Waals surface area contributed by atoms with Crippen LogP contribution in [-0.2, 0) is 6.54 Å². The highest BCUT2D eigenvalue weighted by molar-refractivity contribution is 6.16. The maximum absolute atomic E-state index is 5.18. The Labute approximate surface area is 401 Å². The number of benzene rings is 10. The first-order valence-corrected chi connectivity index (χ1v) is 23.4. The Morgan fingerprint density at radius 3 is 1.72 bits per heavy atom. The Balaban J connectivity index is 0.940. The number of aromatic nitrogens is 2. The van der Waals surface area contributed by atoms with Gasteiger partial charge in [0, 0.05) is 38.5 Å². The lowest BCUT2D eigenvalue weighted by Crippen LogP contribution is -2.00. The summed E-state index contributed by atoms with van der Waals surface area (Å²) in [6.07, 6.45) is 2.07. The Kier molecular flexibility index (Phi) is 10.7. The van der Waals surface area contributed by atoms with Crippen LogP contribution in [0.5, 0.6) is 0 Å². The molecule has 0 radical (unpaired) electrons. The summed E-state index contributed by atoms with van der Waals surface area (Å²) in [5, 5.41) is 4.88. The lowest BCUT2D eigenvalue weighted by atomic mass is 9.96. The predicted molar refractivity (Wildman–Crippen MR) is 292 cm³/mol. The Morgan fingerprint density at radius 1 is 0.391 bits per heavy atom. The van der Waals surface area contributed by atoms with Gasteiger partial charge in [0.15, 0.2) is 0 Å². The third-order valence-electron chi connectivity index (χ3n) is 13.3. The van der Waals surface area contributed by atoms with Crippen LogP contribution in [0.2, 0.25) is 0 Å². The van der Waals surface area contributed by atoms with Gasteiger partial charge in [-0.05, 0) is 112 Å². The highest BCUT2D eigenvalue weighted by atomic mass is 15.0. The fourth-order valence-corrected chi connectivity index (χ4v) is 10.0. The Hall–Kier alpha value is -9.12. The van der Waals surface area contributed by atoms with Crippen LogP contribution in [0.4, 0.5) is 0 Å². The summed E-state index contributed by atoms with van der Waals surface area (Å²) in [5.74, 6) is 0. The molecule has 0 amide bonds. The van der Waals surface area contributed by atoms with Crippen molar-refractivity contribution >= 4 is 61.7 Å². The molecular formula is C65H46N4. The van der Waals surface area contributed by atoms with Crippen molar-refractivity contribution in [3.63, 3.8) is 0 Å². The van der Waals surface area contributed by atoms with E-state index in [1.54, 1.807) is 0 Å². The van der Waals surface area contributed by atoms with Crippen molar-refractivity contribution in [2.24, 2.45) is 9.98 Å². The maximum Gasteiger partial charge on any atom is 0.0716 e. The molecule has 0 N–H and O–H groups in total. The van der Waals surface area contributed by atoms with E-state index >= 15 is 0 Å². The van der Waals surface area contributed by atoms with E-state index < -0.39 is 0 Å². The summed E-state index contributed by atoms with van der Waals surface area (Å²) in [6.45, 7) is 4.62. The largest absolute Gasteiger partial charge is 0.309 e. The van der Waals surface area contributed by atoms with Gasteiger partial charge in [-0.25, -0.2) is 0 Å². The molecule has 0 unspecified atom stereocenters. The molecular weight excluding hydrogens is 837 g/mol. The molecule has 0 saturated heterocycles. The molecule has 69 heavy (non-hydrogen) atoms. The molecule has 10 aromatic carbocycles. The van der Waals surface area contributed by atoms with Crippen molar-refractivity contribution in [3.05, 3.63) is 271 Å². The van der Waals surface area contributed by atoms with E-state index in [4.69, 9.17) is 4.99 Å². The van der Waals surface area contributed by atoms with Gasteiger partial charge in [0.2, 0.25) is 0 Å². The lowest BCUT2D eigenvalue weighted by molar-refractivity contribution is 1.07. The molecule has 2 aromatic heterocycles. The molecule has 2 heterocycles. The highest BCUT2D eigenvalue weighted by Crippen LogP contribution is 2.41. The smallest absolute Gasteiger partial charge is 0.0716 e. The zero-order valence-corrected chi connectivity index (χ0v) is 38.0. The average molecular weight is 883 g/mol. The van der Waals surface area contributed by atoms with Crippen molar-refractivity contribution in [1.82, 2.24) is 9.13 Å². The van der Waals surface area contributed by atoms with E-state index in [2.05, 4.69) is 264 Å². The second kappa shape index (κ2) is 17.9. The van der Waals surface area contributed by atoms with E-state index in [1.807, 2.05) is 12.1 Å². The minimum atomic E-state index is 0.543. The summed E-state index contributed by atoms with van der Waals surface area (Å²) in [4.78, 5) is 9.82. The first kappa shape index (κ1) is 41.3. The van der Waals surface area contributed by atoms with E-state index in [0.717, 1.165) is 72.8 Å². The van der Waals surface area contributed by atoms with Crippen LogP contribution in [0.1, 0.15) is 16.7 Å². The van der Waals surface area contributed by atoms with Crippen LogP contribution in [0, 0.1) is 0 Å². The molecule has 0 aliphatic carbocycles. The first-order valence-electron chi connectivity index (χ1n) is 23.4. The van der Waals surface area contributed by atoms with Crippen LogP contribution in [0.25, 0.3) is 94.1 Å². The standard InChI is InChI=1S/C65H46N4/c1-66-59(43-60(67-44-45-18-5-2-6-19-45)48-36-34-47(35-37-48)46-20-7-3-8-21-46)52-24-15-23-51(40-52)55-30-17-33-63-65(55)58-29-12-14-32-62(58)69(63)54-27-16-22-49(41-54)50-38-39-57-56-28-11-13-31-61(56)68(64(57)42-50)53-25-9-4-10-26-53/h2-43H,1,44H2/b59-43-,67-60?. The number of hydrogen-bond donors (Lipinski definition) is 0. The molecule has 4 nitrogen and oxygen atoms in total. The molecule has 0 spiro atoms. The molecule has 12 aromatic rings. The fraction of sp³-hybridized carbons (Fsp3) is 0.0154. The number of allylic oxidation sites excluding steroid dienone is 1. The minimum absolute atomic E-state index is 0.543. The number of para-hydroxylation sites is 3. The van der Waals surface area contributed by atoms with Gasteiger partial charge in [0.25, 0.3) is 0 Å². The van der Waals surface area contributed by atoms with Crippen molar-refractivity contribution in [1.29, 1.82) is 0 Å². The molecule has 0 aliphatic rings. The van der Waals surface area contributed by atoms with Gasteiger partial charge >= 0.3 is 0 Å². The van der Waals surface area contributed by atoms with Gasteiger partial charge in [-0.1, -0.05) is 194 Å². The molecule has 0 bridgehead atoms. The third-order valence-corrected chi connectivity index (χ3v) is 13.3. The lowest BCUT2D eigenvalue weighted by Gasteiger charge is -2.12. The first-order chi connectivity index (χ1) is 34.2. The summed E-state index contributed by atoms with van der Waals surface area (Å²) >= 11 is 0. The summed E-state index contributed by atoms with van der Waals surface area (Å²) < 4.78 is 4.80. The van der Waals surface area contributed by atoms with Gasteiger partial charge in [-0.15, -0.1) is 0 Å². The molecule has 0 aliphatic heterocycles. The highest BCUT2D eigenvalue weighted by Gasteiger charge is 2.18. The zero-order valence-electron chi connectivity index (χ0n) is 38.0. The predicted octanol–water partition coefficient (Wildman–Crippen LogP) is 16.6. The third kappa shape index (κ3) is 7.74. The number of fused-ring (bicyclic) bond motifs is 6. The van der Waals surface area contributed by atoms with Crippen LogP contribution in [0.15, 0.2) is 265 Å². The molecule has 0 fully saturated rings. The van der Waals surface area contributed by atoms with Crippen molar-refractivity contribution < 1.29 is 0 Å². The van der Waals surface area contributed by atoms with Gasteiger partial charge in [-0.3, -0.25) is 9.98 Å². The number of hydrogen-bond acceptors (Lipinski definition) is 2. The van der Waals surface area contributed by atoms with Crippen LogP contribution < -0.4 is 0 Å². The van der Waals surface area contributed by atoms with Crippen molar-refractivity contribution in [2.75, 3.05) is 0 Å². The molecule has 0 atom stereocenters. The minimum Gasteiger partial charge on any atom is -0.309 e. The molecule has 4 heteroatoms. The molecule has 326 valence electrons. The number of rotatable bonds is 11. The summed E-state index contributed by atoms with van der Waals surface area (Å²) in [5.41, 5.74) is 18.6. The van der Waals surface area contributed by atoms with Gasteiger partial charge in [-0.2, -0.15) is 0 Å². The Morgan fingerprint density at radius 2 is 0.942 bits per heavy atom. The monoisotopic (exact) mass is 882 g/mol. The van der Waals surface area contributed by atoms with Crippen molar-refractivity contribution in [2.45, 2.75) is 6.54 Å². The second-order valence-corrected chi connectivity index (χ2v) is 17.4. The fourth-order valence-electron chi connectivity index (χ4n) is 10.0. The SMILES string of the molecule is C=N/C(=C\C(=NCc1ccccc1)c1ccc(-c2ccccc2)cc1)c1cccc(-c2cccc3c2c2ccccc2n3-c2cccc(-c3ccc4c5ccccc5n(-c5ccccc5)c4c3)c2)c1. The number of nitrogens with zero attached hydrogens (tertiary/aromatic N) is 4. The Bertz CT molecular complexity index is 3910. The van der Waals surface area contributed by atoms with Gasteiger partial charge in [0.05, 0.1) is 40.0 Å². The summed E-state index contributed by atoms with van der Waals surface area (Å²) in [6, 6.07) is 88.7. The molecule has 0 saturated carbocycles. The van der Waals surface area contributed by atoms with E-state index in [1.165, 1.54) is 43.7 Å². The van der Waals surface area contributed by atoms with Crippen LogP contribution in [0.3, 0.4) is 0 Å². The van der Waals surface area contributed by atoms with E-state index in [0.29, 0.717) is 6.54 Å². The summed E-state index contributed by atoms with van der Waals surface area (Å²) in [7, 11) is 0. The zero-order chi connectivity index (χ0) is 46.1. The maximum atomic E-state index is 5.18. The normalized spacial score (nSPS) is 12.1. The van der Waals surface area contributed by atoms with Crippen molar-refractivity contribution in [3.8, 4) is 44.8 Å². The second-order valence-electron chi connectivity index (χ2n) is 17.4. The van der Waals surface area contributed by atoms with E-state index in [9.17, 15) is 0 Å². The van der Waals surface area contributed by atoms with Crippen LogP contribution >= 0.6 is 0 Å². The van der Waals surface area contributed by atoms with E-state index in [-0.39, 0.29) is 0 Å². The topological polar surface area (TPSA) is 34.6 Å². The van der Waals surface area contributed by atoms with Gasteiger partial charge in [0.1, 0.15) is 0 Å². The van der Waals surface area contributed by atoms with Crippen LogP contribution in [-0.4, -0.2) is 21.6 Å². The quantitative estimate of drug-likeness (QED) is 0.116. The molecule has 12 rings (SSSR count). The number of aliphatic imine (C=N–C) groups is 2. The van der Waals surface area contributed by atoms with Gasteiger partial charge < -0.3 is 9.13 Å².